The van der Waals surface area contributed by atoms with Crippen LogP contribution in [0.15, 0.2) is 24.3 Å². The number of nitrogens with zero attached hydrogens (tertiary/aromatic N) is 1. The van der Waals surface area contributed by atoms with Gasteiger partial charge in [-0.05, 0) is 30.0 Å². The second-order valence-electron chi connectivity index (χ2n) is 5.75. The molecule has 0 aliphatic rings. The van der Waals surface area contributed by atoms with Gasteiger partial charge in [-0.1, -0.05) is 26.8 Å². The second kappa shape index (κ2) is 7.88. The van der Waals surface area contributed by atoms with E-state index in [0.717, 1.165) is 13.0 Å². The highest BCUT2D eigenvalue weighted by molar-refractivity contribution is 5.36. The van der Waals surface area contributed by atoms with Crippen molar-refractivity contribution >= 4 is 0 Å². The van der Waals surface area contributed by atoms with Gasteiger partial charge in [0.1, 0.15) is 18.5 Å². The van der Waals surface area contributed by atoms with Crippen molar-refractivity contribution < 1.29 is 9.84 Å². The molecule has 0 heterocycles. The van der Waals surface area contributed by atoms with E-state index in [1.54, 1.807) is 24.3 Å². The average Bonchev–Trinajstić information content (AvgIpc) is 2.45. The lowest BCUT2D eigenvalue weighted by molar-refractivity contribution is 0.103. The molecule has 1 atom stereocenters. The van der Waals surface area contributed by atoms with E-state index in [-0.39, 0.29) is 12.0 Å². The van der Waals surface area contributed by atoms with Crippen molar-refractivity contribution in [1.82, 2.24) is 5.32 Å². The summed E-state index contributed by atoms with van der Waals surface area (Å²) < 4.78 is 5.48. The Labute approximate surface area is 121 Å². The Morgan fingerprint density at radius 2 is 2.20 bits per heavy atom. The summed E-state index contributed by atoms with van der Waals surface area (Å²) in [7, 11) is 0. The molecule has 2 N–H and O–H groups in total. The first-order valence-corrected chi connectivity index (χ1v) is 6.98. The minimum atomic E-state index is -0.562. The molecule has 0 fully saturated rings. The van der Waals surface area contributed by atoms with Gasteiger partial charge >= 0.3 is 0 Å². The van der Waals surface area contributed by atoms with E-state index in [1.165, 1.54) is 0 Å². The molecule has 4 heteroatoms. The van der Waals surface area contributed by atoms with E-state index in [1.807, 2.05) is 0 Å². The van der Waals surface area contributed by atoms with Crippen LogP contribution in [-0.2, 0) is 0 Å². The van der Waals surface area contributed by atoms with Gasteiger partial charge in [0.25, 0.3) is 0 Å². The Kier molecular flexibility index (Phi) is 6.50. The summed E-state index contributed by atoms with van der Waals surface area (Å²) in [6.07, 6.45) is 0.529. The third kappa shape index (κ3) is 6.05. The fourth-order valence-electron chi connectivity index (χ4n) is 1.61. The van der Waals surface area contributed by atoms with E-state index < -0.39 is 6.10 Å². The summed E-state index contributed by atoms with van der Waals surface area (Å²) >= 11 is 0. The van der Waals surface area contributed by atoms with E-state index in [2.05, 4.69) is 32.2 Å². The summed E-state index contributed by atoms with van der Waals surface area (Å²) in [6, 6.07) is 8.99. The molecular formula is C16H24N2O2. The SMILES string of the molecule is CCC(C)(C)CNCC(O)COc1cccc(C#N)c1. The van der Waals surface area contributed by atoms with Gasteiger partial charge in [-0.2, -0.15) is 5.26 Å². The van der Waals surface area contributed by atoms with Crippen LogP contribution in [-0.4, -0.2) is 30.9 Å². The molecule has 0 aliphatic carbocycles. The van der Waals surface area contributed by atoms with Crippen molar-refractivity contribution in [3.63, 3.8) is 0 Å². The molecule has 110 valence electrons. The maximum atomic E-state index is 9.85. The van der Waals surface area contributed by atoms with Gasteiger partial charge in [-0.15, -0.1) is 0 Å². The molecule has 1 rings (SSSR count). The summed E-state index contributed by atoms with van der Waals surface area (Å²) in [6.45, 7) is 8.12. The third-order valence-corrected chi connectivity index (χ3v) is 3.35. The molecule has 0 spiro atoms. The zero-order valence-corrected chi connectivity index (χ0v) is 12.5. The smallest absolute Gasteiger partial charge is 0.120 e. The third-order valence-electron chi connectivity index (χ3n) is 3.35. The van der Waals surface area contributed by atoms with Crippen LogP contribution in [0.5, 0.6) is 5.75 Å². The lowest BCUT2D eigenvalue weighted by Gasteiger charge is -2.24. The van der Waals surface area contributed by atoms with Crippen LogP contribution >= 0.6 is 0 Å². The number of nitriles is 1. The van der Waals surface area contributed by atoms with Crippen molar-refractivity contribution in [3.05, 3.63) is 29.8 Å². The zero-order chi connectivity index (χ0) is 15.0. The minimum Gasteiger partial charge on any atom is -0.491 e. The van der Waals surface area contributed by atoms with E-state index in [0.29, 0.717) is 17.9 Å². The topological polar surface area (TPSA) is 65.3 Å². The highest BCUT2D eigenvalue weighted by Gasteiger charge is 2.15. The fraction of sp³-hybridized carbons (Fsp3) is 0.562. The van der Waals surface area contributed by atoms with Crippen LogP contribution in [0.1, 0.15) is 32.8 Å². The molecule has 0 aliphatic heterocycles. The number of ether oxygens (including phenoxy) is 1. The van der Waals surface area contributed by atoms with Gasteiger partial charge < -0.3 is 15.2 Å². The Bertz CT molecular complexity index is 452. The van der Waals surface area contributed by atoms with E-state index in [9.17, 15) is 5.11 Å². The van der Waals surface area contributed by atoms with Gasteiger partial charge in [0, 0.05) is 13.1 Å². The molecular weight excluding hydrogens is 252 g/mol. The van der Waals surface area contributed by atoms with Crippen LogP contribution in [0.2, 0.25) is 0 Å². The molecule has 0 saturated heterocycles. The number of rotatable bonds is 8. The summed E-state index contributed by atoms with van der Waals surface area (Å²) in [4.78, 5) is 0. The van der Waals surface area contributed by atoms with E-state index >= 15 is 0 Å². The quantitative estimate of drug-likeness (QED) is 0.765. The van der Waals surface area contributed by atoms with Crippen LogP contribution in [0.3, 0.4) is 0 Å². The van der Waals surface area contributed by atoms with Crippen molar-refractivity contribution in [3.8, 4) is 11.8 Å². The molecule has 0 amide bonds. The highest BCUT2D eigenvalue weighted by Crippen LogP contribution is 2.17. The van der Waals surface area contributed by atoms with Gasteiger partial charge in [0.15, 0.2) is 0 Å². The van der Waals surface area contributed by atoms with E-state index in [4.69, 9.17) is 10.00 Å². The molecule has 1 aromatic carbocycles. The van der Waals surface area contributed by atoms with Crippen molar-refractivity contribution in [2.75, 3.05) is 19.7 Å². The van der Waals surface area contributed by atoms with Crippen molar-refractivity contribution in [2.45, 2.75) is 33.3 Å². The summed E-state index contributed by atoms with van der Waals surface area (Å²) in [5.74, 6) is 0.608. The Morgan fingerprint density at radius 3 is 2.85 bits per heavy atom. The first-order chi connectivity index (χ1) is 9.46. The average molecular weight is 276 g/mol. The maximum Gasteiger partial charge on any atom is 0.120 e. The largest absolute Gasteiger partial charge is 0.491 e. The number of aliphatic hydroxyl groups is 1. The number of aliphatic hydroxyl groups excluding tert-OH is 1. The zero-order valence-electron chi connectivity index (χ0n) is 12.5. The predicted octanol–water partition coefficient (Wildman–Crippen LogP) is 2.32. The standard InChI is InChI=1S/C16H24N2O2/c1-4-16(2,3)12-18-10-14(19)11-20-15-7-5-6-13(8-15)9-17/h5-8,14,18-19H,4,10-12H2,1-3H3. The number of nitrogens with one attached hydrogen (secondary N) is 1. The van der Waals surface area contributed by atoms with Crippen LogP contribution in [0.4, 0.5) is 0 Å². The number of hydrogen-bond donors (Lipinski definition) is 2. The van der Waals surface area contributed by atoms with Gasteiger partial charge in [-0.25, -0.2) is 0 Å². The predicted molar refractivity (Wildman–Crippen MR) is 79.6 cm³/mol. The molecule has 0 saturated carbocycles. The highest BCUT2D eigenvalue weighted by atomic mass is 16.5. The molecule has 1 aromatic rings. The normalized spacial score (nSPS) is 12.8. The van der Waals surface area contributed by atoms with Gasteiger partial charge in [-0.3, -0.25) is 0 Å². The minimum absolute atomic E-state index is 0.217. The van der Waals surface area contributed by atoms with Crippen LogP contribution < -0.4 is 10.1 Å². The van der Waals surface area contributed by atoms with Crippen LogP contribution in [0.25, 0.3) is 0 Å². The molecule has 0 bridgehead atoms. The monoisotopic (exact) mass is 276 g/mol. The lowest BCUT2D eigenvalue weighted by atomic mass is 9.90. The number of benzene rings is 1. The second-order valence-corrected chi connectivity index (χ2v) is 5.75. The van der Waals surface area contributed by atoms with Crippen molar-refractivity contribution in [1.29, 1.82) is 5.26 Å². The first-order valence-electron chi connectivity index (χ1n) is 6.98. The molecule has 0 radical (unpaired) electrons. The van der Waals surface area contributed by atoms with Crippen molar-refractivity contribution in [2.24, 2.45) is 5.41 Å². The Morgan fingerprint density at radius 1 is 1.45 bits per heavy atom. The summed E-state index contributed by atoms with van der Waals surface area (Å²) in [5, 5.41) is 21.9. The first kappa shape index (κ1) is 16.5. The molecule has 1 unspecified atom stereocenters. The Hall–Kier alpha value is -1.57. The number of hydrogen-bond acceptors (Lipinski definition) is 4. The van der Waals surface area contributed by atoms with Gasteiger partial charge in [0.2, 0.25) is 0 Å². The maximum absolute atomic E-state index is 9.85. The fourth-order valence-corrected chi connectivity index (χ4v) is 1.61. The van der Waals surface area contributed by atoms with Crippen LogP contribution in [0, 0.1) is 16.7 Å². The molecule has 0 aromatic heterocycles. The molecule has 4 nitrogen and oxygen atoms in total. The lowest BCUT2D eigenvalue weighted by Crippen LogP contribution is -2.36. The Balaban J connectivity index is 2.29. The van der Waals surface area contributed by atoms with Gasteiger partial charge in [0.05, 0.1) is 11.6 Å². The molecule has 20 heavy (non-hydrogen) atoms. The summed E-state index contributed by atoms with van der Waals surface area (Å²) in [5.41, 5.74) is 0.793.